The quantitative estimate of drug-likeness (QED) is 0.382. The Hall–Kier alpha value is -2.62. The molecule has 0 fully saturated rings. The minimum Gasteiger partial charge on any atom is -0.451 e. The molecule has 0 saturated carbocycles. The first-order chi connectivity index (χ1) is 12.8. The van der Waals surface area contributed by atoms with Gasteiger partial charge in [-0.1, -0.05) is 26.2 Å². The molecule has 0 aromatic heterocycles. The van der Waals surface area contributed by atoms with Gasteiger partial charge in [-0.15, -0.1) is 6.42 Å². The second-order valence-electron chi connectivity index (χ2n) is 6.28. The molecule has 27 heavy (non-hydrogen) atoms. The van der Waals surface area contributed by atoms with Crippen molar-refractivity contribution in [3.8, 4) is 12.3 Å². The van der Waals surface area contributed by atoms with Crippen molar-refractivity contribution in [3.63, 3.8) is 0 Å². The summed E-state index contributed by atoms with van der Waals surface area (Å²) >= 11 is 0. The molecule has 1 amide bonds. The highest BCUT2D eigenvalue weighted by molar-refractivity contribution is 5.81. The van der Waals surface area contributed by atoms with Crippen molar-refractivity contribution in [2.45, 2.75) is 45.6 Å². The molecular formula is C20H25F2NO4. The van der Waals surface area contributed by atoms with Gasteiger partial charge in [0, 0.05) is 12.5 Å². The summed E-state index contributed by atoms with van der Waals surface area (Å²) in [5, 5.41) is 2.37. The number of hydrogen-bond acceptors (Lipinski definition) is 4. The highest BCUT2D eigenvalue weighted by Gasteiger charge is 2.24. The van der Waals surface area contributed by atoms with E-state index in [1.165, 1.54) is 0 Å². The molecule has 1 N–H and O–H groups in total. The van der Waals surface area contributed by atoms with E-state index in [-0.39, 0.29) is 25.2 Å². The van der Waals surface area contributed by atoms with Crippen LogP contribution in [-0.4, -0.2) is 31.3 Å². The van der Waals surface area contributed by atoms with Crippen LogP contribution >= 0.6 is 0 Å². The Balaban J connectivity index is 2.67. The molecule has 0 spiro atoms. The standard InChI is InChI=1S/C20H25F2NO4/c1-4-8-26-19(24)18(12-15-10-16(21)13-17(22)11-15)23-20(25)27-9-6-7-14(3)5-2/h1,10-11,13-14,18H,5-9,12H2,2-3H3,(H,23,25)/t14?,18-/m0/s1. The van der Waals surface area contributed by atoms with Gasteiger partial charge < -0.3 is 14.8 Å². The van der Waals surface area contributed by atoms with E-state index in [2.05, 4.69) is 25.1 Å². The Morgan fingerprint density at radius 1 is 1.22 bits per heavy atom. The Bertz CT molecular complexity index is 652. The van der Waals surface area contributed by atoms with E-state index >= 15 is 0 Å². The van der Waals surface area contributed by atoms with E-state index in [0.717, 1.165) is 25.0 Å². The summed E-state index contributed by atoms with van der Waals surface area (Å²) in [6.07, 6.45) is 6.73. The van der Waals surface area contributed by atoms with E-state index in [9.17, 15) is 18.4 Å². The van der Waals surface area contributed by atoms with Crippen molar-refractivity contribution in [3.05, 3.63) is 35.4 Å². The molecule has 1 unspecified atom stereocenters. The predicted molar refractivity (Wildman–Crippen MR) is 96.8 cm³/mol. The maximum Gasteiger partial charge on any atom is 0.407 e. The summed E-state index contributed by atoms with van der Waals surface area (Å²) < 4.78 is 36.6. The van der Waals surface area contributed by atoms with Crippen LogP contribution in [0.4, 0.5) is 13.6 Å². The van der Waals surface area contributed by atoms with Gasteiger partial charge in [-0.05, 0) is 36.5 Å². The molecule has 148 valence electrons. The summed E-state index contributed by atoms with van der Waals surface area (Å²) in [7, 11) is 0. The fraction of sp³-hybridized carbons (Fsp3) is 0.500. The van der Waals surface area contributed by atoms with Crippen LogP contribution in [0.15, 0.2) is 18.2 Å². The van der Waals surface area contributed by atoms with Gasteiger partial charge in [0.05, 0.1) is 6.61 Å². The average Bonchev–Trinajstić information content (AvgIpc) is 2.61. The van der Waals surface area contributed by atoms with Crippen LogP contribution in [0.5, 0.6) is 0 Å². The van der Waals surface area contributed by atoms with E-state index in [4.69, 9.17) is 15.9 Å². The number of amides is 1. The summed E-state index contributed by atoms with van der Waals surface area (Å²) in [6, 6.07) is 1.68. The Kier molecular flexibility index (Phi) is 9.88. The van der Waals surface area contributed by atoms with Crippen molar-refractivity contribution >= 4 is 12.1 Å². The summed E-state index contributed by atoms with van der Waals surface area (Å²) in [6.45, 7) is 4.12. The number of terminal acetylenes is 1. The lowest BCUT2D eigenvalue weighted by Crippen LogP contribution is -2.43. The van der Waals surface area contributed by atoms with Crippen LogP contribution in [0.3, 0.4) is 0 Å². The average molecular weight is 381 g/mol. The first-order valence-corrected chi connectivity index (χ1v) is 8.84. The van der Waals surface area contributed by atoms with Gasteiger partial charge in [0.15, 0.2) is 6.61 Å². The predicted octanol–water partition coefficient (Wildman–Crippen LogP) is 3.60. The molecule has 0 aliphatic heterocycles. The molecule has 0 aliphatic rings. The Labute approximate surface area is 158 Å². The lowest BCUT2D eigenvalue weighted by molar-refractivity contribution is -0.144. The van der Waals surface area contributed by atoms with E-state index < -0.39 is 29.7 Å². The van der Waals surface area contributed by atoms with E-state index in [1.54, 1.807) is 0 Å². The molecule has 7 heteroatoms. The fourth-order valence-electron chi connectivity index (χ4n) is 2.36. The van der Waals surface area contributed by atoms with Gasteiger partial charge in [0.2, 0.25) is 0 Å². The first-order valence-electron chi connectivity index (χ1n) is 8.84. The topological polar surface area (TPSA) is 64.6 Å². The molecule has 1 aromatic rings. The number of hydrogen-bond donors (Lipinski definition) is 1. The lowest BCUT2D eigenvalue weighted by Gasteiger charge is -2.17. The minimum absolute atomic E-state index is 0.167. The molecule has 0 aliphatic carbocycles. The number of carbonyl (C=O) groups is 2. The molecule has 0 bridgehead atoms. The monoisotopic (exact) mass is 381 g/mol. The van der Waals surface area contributed by atoms with Crippen LogP contribution in [0.1, 0.15) is 38.7 Å². The highest BCUT2D eigenvalue weighted by Crippen LogP contribution is 2.12. The molecule has 2 atom stereocenters. The molecular weight excluding hydrogens is 356 g/mol. The third kappa shape index (κ3) is 9.04. The van der Waals surface area contributed by atoms with Crippen LogP contribution in [0, 0.1) is 29.9 Å². The number of halogens is 2. The molecule has 0 heterocycles. The van der Waals surface area contributed by atoms with Crippen molar-refractivity contribution in [2.75, 3.05) is 13.2 Å². The van der Waals surface area contributed by atoms with Crippen molar-refractivity contribution < 1.29 is 27.8 Å². The minimum atomic E-state index is -1.18. The largest absolute Gasteiger partial charge is 0.451 e. The number of rotatable bonds is 10. The molecule has 0 radical (unpaired) electrons. The molecule has 1 aromatic carbocycles. The Morgan fingerprint density at radius 2 is 1.89 bits per heavy atom. The number of esters is 1. The number of alkyl carbamates (subject to hydrolysis) is 1. The normalized spacial score (nSPS) is 12.6. The van der Waals surface area contributed by atoms with E-state index in [0.29, 0.717) is 18.4 Å². The van der Waals surface area contributed by atoms with Crippen molar-refractivity contribution in [1.82, 2.24) is 5.32 Å². The third-order valence-corrected chi connectivity index (χ3v) is 4.01. The molecule has 0 saturated heterocycles. The second kappa shape index (κ2) is 11.9. The zero-order valence-corrected chi connectivity index (χ0v) is 15.6. The fourth-order valence-corrected chi connectivity index (χ4v) is 2.36. The summed E-state index contributed by atoms with van der Waals surface area (Å²) in [5.74, 6) is 0.294. The SMILES string of the molecule is C#CCOC(=O)[C@H](Cc1cc(F)cc(F)c1)NC(=O)OCCCC(C)CC. The zero-order valence-electron chi connectivity index (χ0n) is 15.6. The van der Waals surface area contributed by atoms with Crippen LogP contribution in [-0.2, 0) is 20.7 Å². The highest BCUT2D eigenvalue weighted by atomic mass is 19.1. The van der Waals surface area contributed by atoms with Gasteiger partial charge in [0.25, 0.3) is 0 Å². The van der Waals surface area contributed by atoms with Crippen LogP contribution < -0.4 is 5.32 Å². The number of carbonyl (C=O) groups excluding carboxylic acids is 2. The van der Waals surface area contributed by atoms with Crippen molar-refractivity contribution in [2.24, 2.45) is 5.92 Å². The van der Waals surface area contributed by atoms with Gasteiger partial charge >= 0.3 is 12.1 Å². The van der Waals surface area contributed by atoms with Crippen LogP contribution in [0.25, 0.3) is 0 Å². The molecule has 5 nitrogen and oxygen atoms in total. The molecule has 1 rings (SSSR count). The van der Waals surface area contributed by atoms with Gasteiger partial charge in [-0.2, -0.15) is 0 Å². The lowest BCUT2D eigenvalue weighted by atomic mass is 10.0. The van der Waals surface area contributed by atoms with E-state index in [1.807, 2.05) is 0 Å². The maximum absolute atomic E-state index is 13.3. The zero-order chi connectivity index (χ0) is 20.2. The third-order valence-electron chi connectivity index (χ3n) is 4.01. The number of benzene rings is 1. The second-order valence-corrected chi connectivity index (χ2v) is 6.28. The maximum atomic E-state index is 13.3. The van der Waals surface area contributed by atoms with Gasteiger partial charge in [-0.25, -0.2) is 18.4 Å². The number of nitrogens with one attached hydrogen (secondary N) is 1. The smallest absolute Gasteiger partial charge is 0.407 e. The van der Waals surface area contributed by atoms with Crippen molar-refractivity contribution in [1.29, 1.82) is 0 Å². The number of ether oxygens (including phenoxy) is 2. The summed E-state index contributed by atoms with van der Waals surface area (Å²) in [4.78, 5) is 24.0. The Morgan fingerprint density at radius 3 is 2.48 bits per heavy atom. The van der Waals surface area contributed by atoms with Gasteiger partial charge in [-0.3, -0.25) is 0 Å². The van der Waals surface area contributed by atoms with Gasteiger partial charge in [0.1, 0.15) is 17.7 Å². The summed E-state index contributed by atoms with van der Waals surface area (Å²) in [5.41, 5.74) is 0.187. The van der Waals surface area contributed by atoms with Crippen LogP contribution in [0.2, 0.25) is 0 Å². The first kappa shape index (κ1) is 22.4.